The van der Waals surface area contributed by atoms with Gasteiger partial charge in [-0.3, -0.25) is 4.79 Å². The first-order chi connectivity index (χ1) is 11.2. The average Bonchev–Trinajstić information content (AvgIpc) is 2.53. The number of amides is 1. The zero-order chi connectivity index (χ0) is 17.8. The van der Waals surface area contributed by atoms with E-state index < -0.39 is 39.1 Å². The van der Waals surface area contributed by atoms with Crippen LogP contribution in [0.2, 0.25) is 0 Å². The van der Waals surface area contributed by atoms with Crippen molar-refractivity contribution in [3.63, 3.8) is 0 Å². The highest BCUT2D eigenvalue weighted by Gasteiger charge is 2.31. The molecule has 0 bridgehead atoms. The average molecular weight is 365 g/mol. The molecule has 6 nitrogen and oxygen atoms in total. The molecule has 0 radical (unpaired) electrons. The lowest BCUT2D eigenvalue weighted by atomic mass is 10.1. The van der Waals surface area contributed by atoms with Crippen molar-refractivity contribution in [1.29, 1.82) is 0 Å². The van der Waals surface area contributed by atoms with Gasteiger partial charge in [-0.25, -0.2) is 13.1 Å². The number of carbonyl (C=O) groups is 1. The molecule has 10 heteroatoms. The van der Waals surface area contributed by atoms with Crippen molar-refractivity contribution >= 4 is 15.9 Å². The van der Waals surface area contributed by atoms with Crippen LogP contribution < -0.4 is 15.4 Å². The van der Waals surface area contributed by atoms with Crippen molar-refractivity contribution in [3.05, 3.63) is 29.8 Å². The second kappa shape index (κ2) is 7.49. The minimum absolute atomic E-state index is 0.0793. The molecule has 1 fully saturated rings. The molecule has 1 amide bonds. The molecule has 1 aliphatic heterocycles. The first-order valence-corrected chi connectivity index (χ1v) is 8.84. The Morgan fingerprint density at radius 3 is 2.71 bits per heavy atom. The van der Waals surface area contributed by atoms with Crippen LogP contribution in [-0.4, -0.2) is 40.0 Å². The third kappa shape index (κ3) is 5.18. The molecule has 0 spiro atoms. The minimum atomic E-state index is -4.64. The second-order valence-corrected chi connectivity index (χ2v) is 7.23. The molecule has 1 saturated heterocycles. The summed E-state index contributed by atoms with van der Waals surface area (Å²) in [5, 5.41) is 5.77. The lowest BCUT2D eigenvalue weighted by Crippen LogP contribution is -2.48. The quantitative estimate of drug-likeness (QED) is 0.722. The Hall–Kier alpha value is -1.65. The van der Waals surface area contributed by atoms with Gasteiger partial charge in [-0.15, -0.1) is 0 Å². The number of hydrogen-bond acceptors (Lipinski definition) is 4. The van der Waals surface area contributed by atoms with Gasteiger partial charge in [-0.1, -0.05) is 6.07 Å². The van der Waals surface area contributed by atoms with Crippen molar-refractivity contribution in [2.45, 2.75) is 30.0 Å². The molecule has 1 aromatic carbocycles. The molecule has 134 valence electrons. The van der Waals surface area contributed by atoms with E-state index in [0.29, 0.717) is 12.6 Å². The number of carbonyl (C=O) groups excluding carboxylic acids is 1. The lowest BCUT2D eigenvalue weighted by Gasteiger charge is -2.23. The maximum absolute atomic E-state index is 12.6. The van der Waals surface area contributed by atoms with Gasteiger partial charge >= 0.3 is 6.18 Å². The normalized spacial score (nSPS) is 19.0. The Balaban J connectivity index is 1.97. The third-order valence-corrected chi connectivity index (χ3v) is 4.96. The fourth-order valence-corrected chi connectivity index (χ4v) is 3.36. The largest absolute Gasteiger partial charge is 0.416 e. The summed E-state index contributed by atoms with van der Waals surface area (Å²) in [7, 11) is -4.21. The number of alkyl halides is 3. The fourth-order valence-electron chi connectivity index (χ4n) is 2.34. The molecule has 1 aromatic rings. The summed E-state index contributed by atoms with van der Waals surface area (Å²) in [5.74, 6) is -0.528. The highest BCUT2D eigenvalue weighted by atomic mass is 32.2. The SMILES string of the molecule is O=C(CNS(=O)(=O)c1cccc(C(F)(F)F)c1)NC1CCCNC1. The summed E-state index contributed by atoms with van der Waals surface area (Å²) in [6.07, 6.45) is -2.95. The van der Waals surface area contributed by atoms with Crippen LogP contribution >= 0.6 is 0 Å². The first-order valence-electron chi connectivity index (χ1n) is 7.35. The van der Waals surface area contributed by atoms with Crippen molar-refractivity contribution < 1.29 is 26.4 Å². The Morgan fingerprint density at radius 1 is 1.33 bits per heavy atom. The van der Waals surface area contributed by atoms with Crippen LogP contribution in [0.1, 0.15) is 18.4 Å². The van der Waals surface area contributed by atoms with Gasteiger partial charge in [0.25, 0.3) is 0 Å². The lowest BCUT2D eigenvalue weighted by molar-refractivity contribution is -0.137. The Morgan fingerprint density at radius 2 is 2.08 bits per heavy atom. The highest BCUT2D eigenvalue weighted by molar-refractivity contribution is 7.89. The summed E-state index contributed by atoms with van der Waals surface area (Å²) < 4.78 is 64.0. The number of halogens is 3. The van der Waals surface area contributed by atoms with Crippen molar-refractivity contribution in [2.24, 2.45) is 0 Å². The van der Waals surface area contributed by atoms with Gasteiger partial charge in [0.15, 0.2) is 0 Å². The van der Waals surface area contributed by atoms with Crippen LogP contribution in [0.15, 0.2) is 29.2 Å². The number of hydrogen-bond donors (Lipinski definition) is 3. The standard InChI is InChI=1S/C14H18F3N3O3S/c15-14(16,17)10-3-1-5-12(7-10)24(22,23)19-9-13(21)20-11-4-2-6-18-8-11/h1,3,5,7,11,18-19H,2,4,6,8-9H2,(H,20,21). The van der Waals surface area contributed by atoms with Gasteiger partial charge in [0, 0.05) is 12.6 Å². The topological polar surface area (TPSA) is 87.3 Å². The number of piperidine rings is 1. The predicted octanol–water partition coefficient (Wildman–Crippen LogP) is 0.852. The van der Waals surface area contributed by atoms with Crippen molar-refractivity contribution in [1.82, 2.24) is 15.4 Å². The minimum Gasteiger partial charge on any atom is -0.351 e. The van der Waals surface area contributed by atoms with Gasteiger partial charge < -0.3 is 10.6 Å². The smallest absolute Gasteiger partial charge is 0.351 e. The van der Waals surface area contributed by atoms with E-state index in [4.69, 9.17) is 0 Å². The zero-order valence-electron chi connectivity index (χ0n) is 12.7. The molecule has 0 aliphatic carbocycles. The molecule has 1 atom stereocenters. The Labute approximate surface area is 137 Å². The third-order valence-electron chi connectivity index (χ3n) is 3.56. The summed E-state index contributed by atoms with van der Waals surface area (Å²) in [6, 6.07) is 3.28. The first kappa shape index (κ1) is 18.7. The van der Waals surface area contributed by atoms with E-state index in [1.165, 1.54) is 0 Å². The Bertz CT molecular complexity index is 686. The van der Waals surface area contributed by atoms with E-state index in [-0.39, 0.29) is 6.04 Å². The van der Waals surface area contributed by atoms with Crippen LogP contribution in [0.25, 0.3) is 0 Å². The van der Waals surface area contributed by atoms with Crippen LogP contribution in [0.3, 0.4) is 0 Å². The maximum Gasteiger partial charge on any atom is 0.416 e. The zero-order valence-corrected chi connectivity index (χ0v) is 13.5. The number of rotatable bonds is 5. The molecule has 3 N–H and O–H groups in total. The van der Waals surface area contributed by atoms with E-state index in [1.807, 2.05) is 4.72 Å². The molecule has 2 rings (SSSR count). The summed E-state index contributed by atoms with van der Waals surface area (Å²) in [6.45, 7) is 0.940. The predicted molar refractivity (Wildman–Crippen MR) is 80.7 cm³/mol. The number of sulfonamides is 1. The fraction of sp³-hybridized carbons (Fsp3) is 0.500. The monoisotopic (exact) mass is 365 g/mol. The molecular formula is C14H18F3N3O3S. The summed E-state index contributed by atoms with van der Waals surface area (Å²) >= 11 is 0. The summed E-state index contributed by atoms with van der Waals surface area (Å²) in [4.78, 5) is 11.2. The van der Waals surface area contributed by atoms with Gasteiger partial charge in [0.1, 0.15) is 0 Å². The van der Waals surface area contributed by atoms with Crippen LogP contribution in [0.5, 0.6) is 0 Å². The number of nitrogens with one attached hydrogen (secondary N) is 3. The maximum atomic E-state index is 12.6. The molecule has 24 heavy (non-hydrogen) atoms. The van der Waals surface area contributed by atoms with Gasteiger partial charge in [0.2, 0.25) is 15.9 Å². The van der Waals surface area contributed by atoms with Crippen molar-refractivity contribution in [3.8, 4) is 0 Å². The summed E-state index contributed by atoms with van der Waals surface area (Å²) in [5.41, 5.74) is -1.07. The Kier molecular flexibility index (Phi) is 5.83. The molecule has 0 aromatic heterocycles. The van der Waals surface area contributed by atoms with E-state index in [1.54, 1.807) is 0 Å². The molecule has 0 saturated carbocycles. The van der Waals surface area contributed by atoms with Gasteiger partial charge in [0.05, 0.1) is 17.0 Å². The highest BCUT2D eigenvalue weighted by Crippen LogP contribution is 2.30. The molecule has 1 unspecified atom stereocenters. The van der Waals surface area contributed by atoms with Crippen molar-refractivity contribution in [2.75, 3.05) is 19.6 Å². The molecule has 1 heterocycles. The van der Waals surface area contributed by atoms with E-state index >= 15 is 0 Å². The van der Waals surface area contributed by atoms with Crippen LogP contribution in [0.4, 0.5) is 13.2 Å². The molecular weight excluding hydrogens is 347 g/mol. The van der Waals surface area contributed by atoms with E-state index in [0.717, 1.165) is 37.6 Å². The van der Waals surface area contributed by atoms with Gasteiger partial charge in [-0.05, 0) is 37.6 Å². The van der Waals surface area contributed by atoms with E-state index in [2.05, 4.69) is 10.6 Å². The van der Waals surface area contributed by atoms with E-state index in [9.17, 15) is 26.4 Å². The van der Waals surface area contributed by atoms with Crippen LogP contribution in [0, 0.1) is 0 Å². The second-order valence-electron chi connectivity index (χ2n) is 5.46. The number of benzene rings is 1. The van der Waals surface area contributed by atoms with Crippen LogP contribution in [-0.2, 0) is 21.0 Å². The van der Waals surface area contributed by atoms with Gasteiger partial charge in [-0.2, -0.15) is 13.2 Å². The molecule has 1 aliphatic rings.